The van der Waals surface area contributed by atoms with Gasteiger partial charge in [0.1, 0.15) is 0 Å². The molecule has 0 amide bonds. The molecule has 1 heterocycles. The number of rotatable bonds is 3. The van der Waals surface area contributed by atoms with Crippen LogP contribution in [0.4, 0.5) is 13.2 Å². The molecule has 2 rings (SSSR count). The minimum atomic E-state index is -4.37. The van der Waals surface area contributed by atoms with Crippen LogP contribution in [-0.4, -0.2) is 4.57 Å². The lowest BCUT2D eigenvalue weighted by Crippen LogP contribution is -2.20. The summed E-state index contributed by atoms with van der Waals surface area (Å²) in [6.07, 6.45) is -2.67. The first-order chi connectivity index (χ1) is 9.77. The van der Waals surface area contributed by atoms with Gasteiger partial charge in [0.2, 0.25) is 0 Å². The molecule has 0 aliphatic heterocycles. The highest BCUT2D eigenvalue weighted by Gasteiger charge is 2.30. The van der Waals surface area contributed by atoms with E-state index in [-0.39, 0.29) is 18.0 Å². The molecule has 1 aromatic carbocycles. The summed E-state index contributed by atoms with van der Waals surface area (Å²) in [6, 6.07) is 8.24. The number of alkyl halides is 3. The van der Waals surface area contributed by atoms with Gasteiger partial charge in [0.05, 0.1) is 12.1 Å². The van der Waals surface area contributed by atoms with Crippen LogP contribution in [0, 0.1) is 0 Å². The maximum absolute atomic E-state index is 12.7. The van der Waals surface area contributed by atoms with Gasteiger partial charge >= 0.3 is 6.18 Å². The summed E-state index contributed by atoms with van der Waals surface area (Å²) in [5.74, 6) is 0.248. The molecule has 0 saturated carbocycles. The van der Waals surface area contributed by atoms with E-state index in [0.29, 0.717) is 5.56 Å². The summed E-state index contributed by atoms with van der Waals surface area (Å²) in [4.78, 5) is 11.8. The van der Waals surface area contributed by atoms with Gasteiger partial charge in [0.25, 0.3) is 5.56 Å². The van der Waals surface area contributed by atoms with Gasteiger partial charge in [-0.15, -0.1) is 0 Å². The van der Waals surface area contributed by atoms with E-state index >= 15 is 0 Å². The Hall–Kier alpha value is -2.04. The van der Waals surface area contributed by atoms with Gasteiger partial charge in [0.15, 0.2) is 0 Å². The molecule has 0 bridgehead atoms. The van der Waals surface area contributed by atoms with Crippen molar-refractivity contribution in [2.45, 2.75) is 32.5 Å². The predicted octanol–water partition coefficient (Wildman–Crippen LogP) is 4.04. The average molecular weight is 295 g/mol. The fourth-order valence-corrected chi connectivity index (χ4v) is 2.06. The zero-order valence-electron chi connectivity index (χ0n) is 11.8. The Morgan fingerprint density at radius 1 is 1.14 bits per heavy atom. The minimum Gasteiger partial charge on any atom is -0.311 e. The molecular weight excluding hydrogens is 279 g/mol. The van der Waals surface area contributed by atoms with E-state index in [9.17, 15) is 18.0 Å². The number of benzene rings is 1. The zero-order chi connectivity index (χ0) is 15.6. The second kappa shape index (κ2) is 5.76. The molecule has 0 fully saturated rings. The van der Waals surface area contributed by atoms with Crippen molar-refractivity contribution < 1.29 is 13.2 Å². The van der Waals surface area contributed by atoms with Crippen LogP contribution in [0.3, 0.4) is 0 Å². The van der Waals surface area contributed by atoms with Gasteiger partial charge < -0.3 is 4.57 Å². The molecule has 2 aromatic rings. The molecule has 0 N–H and O–H groups in total. The second-order valence-corrected chi connectivity index (χ2v) is 5.28. The van der Waals surface area contributed by atoms with Crippen molar-refractivity contribution in [2.75, 3.05) is 0 Å². The van der Waals surface area contributed by atoms with Crippen molar-refractivity contribution in [3.05, 3.63) is 69.6 Å². The summed E-state index contributed by atoms with van der Waals surface area (Å²) in [5.41, 5.74) is 0.499. The van der Waals surface area contributed by atoms with Crippen LogP contribution < -0.4 is 5.56 Å². The smallest absolute Gasteiger partial charge is 0.311 e. The predicted molar refractivity (Wildman–Crippen MR) is 75.3 cm³/mol. The van der Waals surface area contributed by atoms with Crippen LogP contribution in [0.25, 0.3) is 0 Å². The number of nitrogens with zero attached hydrogens (tertiary/aromatic N) is 1. The molecule has 0 atom stereocenters. The molecule has 5 heteroatoms. The van der Waals surface area contributed by atoms with E-state index in [4.69, 9.17) is 0 Å². The zero-order valence-corrected chi connectivity index (χ0v) is 11.8. The van der Waals surface area contributed by atoms with Gasteiger partial charge in [-0.1, -0.05) is 32.0 Å². The maximum Gasteiger partial charge on any atom is 0.416 e. The largest absolute Gasteiger partial charge is 0.416 e. The fourth-order valence-electron chi connectivity index (χ4n) is 2.06. The molecule has 2 nitrogen and oxygen atoms in total. The molecule has 0 aliphatic rings. The third-order valence-electron chi connectivity index (χ3n) is 3.28. The first kappa shape index (κ1) is 15.4. The lowest BCUT2D eigenvalue weighted by Gasteiger charge is -2.12. The third kappa shape index (κ3) is 3.74. The fraction of sp³-hybridized carbons (Fsp3) is 0.312. The van der Waals surface area contributed by atoms with Crippen LogP contribution in [-0.2, 0) is 12.7 Å². The van der Waals surface area contributed by atoms with Crippen molar-refractivity contribution >= 4 is 0 Å². The monoisotopic (exact) mass is 295 g/mol. The Labute approximate surface area is 120 Å². The number of aromatic nitrogens is 1. The van der Waals surface area contributed by atoms with Crippen molar-refractivity contribution in [1.29, 1.82) is 0 Å². The number of halogens is 3. The molecule has 0 unspecified atom stereocenters. The molecule has 112 valence electrons. The van der Waals surface area contributed by atoms with Crippen LogP contribution in [0.15, 0.2) is 47.4 Å². The lowest BCUT2D eigenvalue weighted by atomic mass is 10.1. The van der Waals surface area contributed by atoms with Crippen LogP contribution >= 0.6 is 0 Å². The Morgan fingerprint density at radius 3 is 2.48 bits per heavy atom. The Kier molecular flexibility index (Phi) is 4.21. The van der Waals surface area contributed by atoms with Crippen LogP contribution in [0.5, 0.6) is 0 Å². The number of hydrogen-bond donors (Lipinski definition) is 0. The average Bonchev–Trinajstić information content (AvgIpc) is 2.40. The Balaban J connectivity index is 2.34. The van der Waals surface area contributed by atoms with Gasteiger partial charge in [-0.2, -0.15) is 13.2 Å². The quantitative estimate of drug-likeness (QED) is 0.837. The summed E-state index contributed by atoms with van der Waals surface area (Å²) in [6.45, 7) is 4.12. The summed E-state index contributed by atoms with van der Waals surface area (Å²) in [7, 11) is 0. The van der Waals surface area contributed by atoms with E-state index < -0.39 is 11.7 Å². The molecule has 21 heavy (non-hydrogen) atoms. The van der Waals surface area contributed by atoms with Gasteiger partial charge in [0, 0.05) is 12.3 Å². The molecule has 0 saturated heterocycles. The highest BCUT2D eigenvalue weighted by molar-refractivity contribution is 5.26. The Morgan fingerprint density at radius 2 is 1.86 bits per heavy atom. The number of pyridine rings is 1. The van der Waals surface area contributed by atoms with E-state index in [1.807, 2.05) is 13.8 Å². The topological polar surface area (TPSA) is 22.0 Å². The van der Waals surface area contributed by atoms with Crippen molar-refractivity contribution in [3.8, 4) is 0 Å². The first-order valence-electron chi connectivity index (χ1n) is 6.64. The highest BCUT2D eigenvalue weighted by atomic mass is 19.4. The van der Waals surface area contributed by atoms with E-state index in [0.717, 1.165) is 17.7 Å². The SMILES string of the molecule is CC(C)c1ccc(=O)n(Cc2cccc(C(F)(F)F)c2)c1. The summed E-state index contributed by atoms with van der Waals surface area (Å²) < 4.78 is 39.5. The van der Waals surface area contributed by atoms with Crippen LogP contribution in [0.1, 0.15) is 36.5 Å². The Bertz CT molecular complexity index is 686. The third-order valence-corrected chi connectivity index (χ3v) is 3.28. The summed E-state index contributed by atoms with van der Waals surface area (Å²) >= 11 is 0. The van der Waals surface area contributed by atoms with Crippen molar-refractivity contribution in [2.24, 2.45) is 0 Å². The molecule has 0 aliphatic carbocycles. The van der Waals surface area contributed by atoms with Gasteiger partial charge in [-0.3, -0.25) is 4.79 Å². The van der Waals surface area contributed by atoms with Crippen LogP contribution in [0.2, 0.25) is 0 Å². The number of hydrogen-bond acceptors (Lipinski definition) is 1. The molecule has 0 radical (unpaired) electrons. The molecule has 0 spiro atoms. The summed E-state index contributed by atoms with van der Waals surface area (Å²) in [5, 5.41) is 0. The maximum atomic E-state index is 12.7. The first-order valence-corrected chi connectivity index (χ1v) is 6.64. The van der Waals surface area contributed by atoms with Crippen molar-refractivity contribution in [3.63, 3.8) is 0 Å². The minimum absolute atomic E-state index is 0.128. The normalized spacial score (nSPS) is 11.9. The van der Waals surface area contributed by atoms with Gasteiger partial charge in [-0.05, 0) is 29.2 Å². The molecule has 1 aromatic heterocycles. The standard InChI is InChI=1S/C16H16F3NO/c1-11(2)13-6-7-15(21)20(10-13)9-12-4-3-5-14(8-12)16(17,18)19/h3-8,10-11H,9H2,1-2H3. The van der Waals surface area contributed by atoms with E-state index in [1.165, 1.54) is 16.7 Å². The van der Waals surface area contributed by atoms with E-state index in [1.54, 1.807) is 18.3 Å². The highest BCUT2D eigenvalue weighted by Crippen LogP contribution is 2.29. The second-order valence-electron chi connectivity index (χ2n) is 5.28. The van der Waals surface area contributed by atoms with E-state index in [2.05, 4.69) is 0 Å². The lowest BCUT2D eigenvalue weighted by molar-refractivity contribution is -0.137. The van der Waals surface area contributed by atoms with Gasteiger partial charge in [-0.25, -0.2) is 0 Å². The molecular formula is C16H16F3NO. The van der Waals surface area contributed by atoms with Crippen molar-refractivity contribution in [1.82, 2.24) is 4.57 Å².